The monoisotopic (exact) mass is 277 g/mol. The topological polar surface area (TPSA) is 55.3 Å². The van der Waals surface area contributed by atoms with Crippen molar-refractivity contribution >= 4 is 11.9 Å². The molecular weight excluding hydrogens is 254 g/mol. The lowest BCUT2D eigenvalue weighted by molar-refractivity contribution is -0.156. The summed E-state index contributed by atoms with van der Waals surface area (Å²) in [5.41, 5.74) is 0.497. The summed E-state index contributed by atoms with van der Waals surface area (Å²) in [5.74, 6) is 0.846. The molecule has 1 aromatic rings. The number of carbonyl (C=O) groups excluding carboxylic acids is 1. The lowest BCUT2D eigenvalue weighted by Crippen LogP contribution is -2.41. The van der Waals surface area contributed by atoms with Gasteiger partial charge in [-0.2, -0.15) is 0 Å². The number of aryl methyl sites for hydroxylation is 1. The van der Waals surface area contributed by atoms with Crippen molar-refractivity contribution in [1.29, 1.82) is 0 Å². The molecule has 5 heteroatoms. The lowest BCUT2D eigenvalue weighted by atomic mass is 9.76. The van der Waals surface area contributed by atoms with Crippen LogP contribution < -0.4 is 4.90 Å². The van der Waals surface area contributed by atoms with E-state index in [1.807, 2.05) is 19.9 Å². The minimum absolute atomic E-state index is 0.0925. The quantitative estimate of drug-likeness (QED) is 0.790. The molecule has 0 amide bonds. The smallest absolute Gasteiger partial charge is 0.314 e. The molecule has 2 heterocycles. The van der Waals surface area contributed by atoms with Crippen molar-refractivity contribution in [2.45, 2.75) is 34.1 Å². The van der Waals surface area contributed by atoms with Gasteiger partial charge in [-0.15, -0.1) is 0 Å². The summed E-state index contributed by atoms with van der Waals surface area (Å²) in [6.07, 6.45) is 2.55. The van der Waals surface area contributed by atoms with Crippen molar-refractivity contribution in [1.82, 2.24) is 9.97 Å². The summed E-state index contributed by atoms with van der Waals surface area (Å²) in [7, 11) is 0. The number of rotatable bonds is 4. The third kappa shape index (κ3) is 2.62. The first-order valence-corrected chi connectivity index (χ1v) is 7.21. The van der Waals surface area contributed by atoms with Crippen LogP contribution in [-0.4, -0.2) is 35.6 Å². The third-order valence-corrected chi connectivity index (χ3v) is 4.15. The summed E-state index contributed by atoms with van der Waals surface area (Å²) in [5, 5.41) is 0. The molecule has 20 heavy (non-hydrogen) atoms. The average molecular weight is 277 g/mol. The van der Waals surface area contributed by atoms with Gasteiger partial charge in [0.1, 0.15) is 0 Å². The number of nitrogens with zero attached hydrogens (tertiary/aromatic N) is 3. The zero-order valence-electron chi connectivity index (χ0n) is 12.7. The summed E-state index contributed by atoms with van der Waals surface area (Å²) in [4.78, 5) is 23.2. The minimum Gasteiger partial charge on any atom is -0.466 e. The Morgan fingerprint density at radius 3 is 2.90 bits per heavy atom. The van der Waals surface area contributed by atoms with Crippen molar-refractivity contribution in [3.8, 4) is 0 Å². The zero-order chi connectivity index (χ0) is 14.8. The Morgan fingerprint density at radius 1 is 1.55 bits per heavy atom. The van der Waals surface area contributed by atoms with Crippen molar-refractivity contribution < 1.29 is 9.53 Å². The van der Waals surface area contributed by atoms with Gasteiger partial charge in [0, 0.05) is 25.0 Å². The first-order chi connectivity index (χ1) is 9.49. The Bertz CT molecular complexity index is 490. The molecule has 0 aromatic carbocycles. The molecule has 1 aliphatic rings. The van der Waals surface area contributed by atoms with E-state index in [9.17, 15) is 4.79 Å². The first-order valence-electron chi connectivity index (χ1n) is 7.21. The van der Waals surface area contributed by atoms with Crippen molar-refractivity contribution in [2.24, 2.45) is 11.3 Å². The van der Waals surface area contributed by atoms with Crippen LogP contribution in [0.15, 0.2) is 12.3 Å². The highest BCUT2D eigenvalue weighted by Crippen LogP contribution is 2.40. The summed E-state index contributed by atoms with van der Waals surface area (Å²) >= 11 is 0. The van der Waals surface area contributed by atoms with Gasteiger partial charge < -0.3 is 9.64 Å². The summed E-state index contributed by atoms with van der Waals surface area (Å²) < 4.78 is 5.29. The molecule has 0 N–H and O–H groups in total. The maximum absolute atomic E-state index is 12.4. The van der Waals surface area contributed by atoms with Crippen LogP contribution in [0.4, 0.5) is 5.95 Å². The number of ether oxygens (including phenoxy) is 1. The number of esters is 1. The van der Waals surface area contributed by atoms with E-state index in [4.69, 9.17) is 4.74 Å². The van der Waals surface area contributed by atoms with Crippen molar-refractivity contribution in [2.75, 3.05) is 24.6 Å². The Kier molecular flexibility index (Phi) is 4.26. The number of hydrogen-bond acceptors (Lipinski definition) is 5. The molecule has 1 aliphatic heterocycles. The Morgan fingerprint density at radius 2 is 2.30 bits per heavy atom. The Labute approximate surface area is 120 Å². The highest BCUT2D eigenvalue weighted by molar-refractivity contribution is 5.79. The molecule has 1 aromatic heterocycles. The molecule has 0 spiro atoms. The van der Waals surface area contributed by atoms with E-state index in [-0.39, 0.29) is 11.9 Å². The second-order valence-corrected chi connectivity index (χ2v) is 5.70. The number of carbonyl (C=O) groups is 1. The van der Waals surface area contributed by atoms with Crippen molar-refractivity contribution in [3.63, 3.8) is 0 Å². The first kappa shape index (κ1) is 14.8. The highest BCUT2D eigenvalue weighted by atomic mass is 16.5. The highest BCUT2D eigenvalue weighted by Gasteiger charge is 2.48. The molecule has 1 atom stereocenters. The number of anilines is 1. The van der Waals surface area contributed by atoms with E-state index < -0.39 is 5.41 Å². The molecule has 0 aliphatic carbocycles. The van der Waals surface area contributed by atoms with Gasteiger partial charge in [0.25, 0.3) is 0 Å². The van der Waals surface area contributed by atoms with Crippen molar-refractivity contribution in [3.05, 3.63) is 18.0 Å². The maximum Gasteiger partial charge on any atom is 0.314 e. The van der Waals surface area contributed by atoms with Crippen LogP contribution in [0.2, 0.25) is 0 Å². The molecule has 1 unspecified atom stereocenters. The van der Waals surface area contributed by atoms with Crippen LogP contribution in [0.3, 0.4) is 0 Å². The fourth-order valence-corrected chi connectivity index (χ4v) is 2.74. The van der Waals surface area contributed by atoms with Crippen LogP contribution in [0.1, 0.15) is 32.9 Å². The molecular formula is C15H23N3O2. The van der Waals surface area contributed by atoms with Crippen LogP contribution in [-0.2, 0) is 9.53 Å². The summed E-state index contributed by atoms with van der Waals surface area (Å²) in [6.45, 7) is 9.81. The zero-order valence-corrected chi connectivity index (χ0v) is 12.7. The Balaban J connectivity index is 2.21. The molecule has 0 saturated carbocycles. The largest absolute Gasteiger partial charge is 0.466 e. The van der Waals surface area contributed by atoms with E-state index in [0.29, 0.717) is 19.1 Å². The van der Waals surface area contributed by atoms with Gasteiger partial charge in [0.15, 0.2) is 0 Å². The molecule has 2 rings (SSSR count). The van der Waals surface area contributed by atoms with Gasteiger partial charge in [-0.25, -0.2) is 9.97 Å². The van der Waals surface area contributed by atoms with E-state index in [1.54, 1.807) is 6.20 Å². The van der Waals surface area contributed by atoms with Crippen LogP contribution in [0.25, 0.3) is 0 Å². The average Bonchev–Trinajstić information content (AvgIpc) is 2.85. The molecule has 1 saturated heterocycles. The van der Waals surface area contributed by atoms with Gasteiger partial charge in [0.2, 0.25) is 5.95 Å². The minimum atomic E-state index is -0.441. The standard InChI is InChI=1S/C15H23N3O2/c1-5-20-13(19)15(11(2)3)7-9-18(10-15)14-16-8-6-12(4)17-14/h6,8,11H,5,7,9-10H2,1-4H3. The van der Waals surface area contributed by atoms with Crippen LogP contribution in [0, 0.1) is 18.3 Å². The number of hydrogen-bond donors (Lipinski definition) is 0. The normalized spacial score (nSPS) is 22.4. The SMILES string of the molecule is CCOC(=O)C1(C(C)C)CCN(c2nccc(C)n2)C1. The lowest BCUT2D eigenvalue weighted by Gasteiger charge is -2.30. The fourth-order valence-electron chi connectivity index (χ4n) is 2.74. The van der Waals surface area contributed by atoms with E-state index in [2.05, 4.69) is 28.7 Å². The molecule has 0 radical (unpaired) electrons. The third-order valence-electron chi connectivity index (χ3n) is 4.15. The molecule has 0 bridgehead atoms. The van der Waals surface area contributed by atoms with Crippen LogP contribution >= 0.6 is 0 Å². The van der Waals surface area contributed by atoms with Crippen LogP contribution in [0.5, 0.6) is 0 Å². The van der Waals surface area contributed by atoms with Gasteiger partial charge in [0.05, 0.1) is 12.0 Å². The predicted octanol–water partition coefficient (Wildman–Crippen LogP) is 2.20. The van der Waals surface area contributed by atoms with Gasteiger partial charge in [-0.3, -0.25) is 4.79 Å². The van der Waals surface area contributed by atoms with E-state index in [1.165, 1.54) is 0 Å². The molecule has 110 valence electrons. The predicted molar refractivity (Wildman–Crippen MR) is 77.5 cm³/mol. The fraction of sp³-hybridized carbons (Fsp3) is 0.667. The Hall–Kier alpha value is -1.65. The van der Waals surface area contributed by atoms with Gasteiger partial charge in [-0.05, 0) is 32.3 Å². The van der Waals surface area contributed by atoms with E-state index in [0.717, 1.165) is 18.7 Å². The second-order valence-electron chi connectivity index (χ2n) is 5.70. The molecule has 5 nitrogen and oxygen atoms in total. The number of aromatic nitrogens is 2. The van der Waals surface area contributed by atoms with E-state index >= 15 is 0 Å². The summed E-state index contributed by atoms with van der Waals surface area (Å²) in [6, 6.07) is 1.88. The van der Waals surface area contributed by atoms with Gasteiger partial charge >= 0.3 is 5.97 Å². The maximum atomic E-state index is 12.4. The molecule has 1 fully saturated rings. The van der Waals surface area contributed by atoms with Gasteiger partial charge in [-0.1, -0.05) is 13.8 Å². The second kappa shape index (κ2) is 5.77.